The molecule has 78 heavy (non-hydrogen) atoms. The van der Waals surface area contributed by atoms with Crippen molar-refractivity contribution in [2.75, 3.05) is 13.2 Å². The molecule has 0 N–H and O–H groups in total. The SMILES string of the molecule is CC/C=C\C/C=C\C/C=C\C/C=C\C/C=C\C/C=C\CCCCC(=O)OC(COC(=O)CCCCCCC/C=C\CCC)COC(=O)CCCCCCCCCCCCCCCCCC/C=C\C/C=C\C/C=C\C/C=C\CC. The van der Waals surface area contributed by atoms with E-state index in [1.807, 2.05) is 0 Å². The number of allylic oxidation sites excluding steroid dienone is 22. The van der Waals surface area contributed by atoms with E-state index in [9.17, 15) is 14.4 Å². The lowest BCUT2D eigenvalue weighted by atomic mass is 10.0. The van der Waals surface area contributed by atoms with Crippen molar-refractivity contribution in [1.29, 1.82) is 0 Å². The summed E-state index contributed by atoms with van der Waals surface area (Å²) >= 11 is 0. The first-order chi connectivity index (χ1) is 38.5. The summed E-state index contributed by atoms with van der Waals surface area (Å²) in [5, 5.41) is 0. The summed E-state index contributed by atoms with van der Waals surface area (Å²) in [5.74, 6) is -0.953. The summed E-state index contributed by atoms with van der Waals surface area (Å²) in [7, 11) is 0. The van der Waals surface area contributed by atoms with Gasteiger partial charge >= 0.3 is 17.9 Å². The van der Waals surface area contributed by atoms with Crippen LogP contribution in [0, 0.1) is 0 Å². The van der Waals surface area contributed by atoms with Crippen LogP contribution in [-0.4, -0.2) is 37.2 Å². The van der Waals surface area contributed by atoms with E-state index in [0.717, 1.165) is 135 Å². The van der Waals surface area contributed by atoms with Crippen molar-refractivity contribution in [2.24, 2.45) is 0 Å². The largest absolute Gasteiger partial charge is 0.462 e. The van der Waals surface area contributed by atoms with Gasteiger partial charge in [0.1, 0.15) is 13.2 Å². The second-order valence-corrected chi connectivity index (χ2v) is 20.9. The fraction of sp³-hybridized carbons (Fsp3) is 0.653. The lowest BCUT2D eigenvalue weighted by Gasteiger charge is -2.18. The Bertz CT molecular complexity index is 1670. The molecule has 0 spiro atoms. The van der Waals surface area contributed by atoms with E-state index in [4.69, 9.17) is 14.2 Å². The van der Waals surface area contributed by atoms with Gasteiger partial charge in [-0.05, 0) is 128 Å². The van der Waals surface area contributed by atoms with Crippen LogP contribution in [0.15, 0.2) is 134 Å². The smallest absolute Gasteiger partial charge is 0.306 e. The zero-order valence-corrected chi connectivity index (χ0v) is 50.6. The maximum Gasteiger partial charge on any atom is 0.306 e. The molecule has 1 unspecified atom stereocenters. The fourth-order valence-electron chi connectivity index (χ4n) is 8.62. The van der Waals surface area contributed by atoms with Gasteiger partial charge in [0.15, 0.2) is 6.10 Å². The minimum Gasteiger partial charge on any atom is -0.462 e. The molecule has 0 fully saturated rings. The average Bonchev–Trinajstić information content (AvgIpc) is 3.44. The number of rotatable bonds is 57. The van der Waals surface area contributed by atoms with Crippen LogP contribution in [0.25, 0.3) is 0 Å². The Balaban J connectivity index is 4.27. The Hall–Kier alpha value is -4.45. The van der Waals surface area contributed by atoms with Crippen molar-refractivity contribution in [3.8, 4) is 0 Å². The van der Waals surface area contributed by atoms with Crippen molar-refractivity contribution >= 4 is 17.9 Å². The number of carbonyl (C=O) groups is 3. The summed E-state index contributed by atoms with van der Waals surface area (Å²) in [5.41, 5.74) is 0. The standard InChI is InChI=1S/C72H118O6/c1-4-7-10-13-16-19-22-24-26-28-30-32-33-34-35-36-37-38-39-41-42-44-46-48-50-53-56-59-62-65-71(74)77-68-69(67-76-70(73)64-61-58-55-52-21-18-15-12-9-6-3)78-72(75)66-63-60-57-54-51-49-47-45-43-40-31-29-27-25-23-20-17-14-11-8-5-2/h7-8,10-12,15-17,19-20,24-27,30-32,40,45,47,51,54,69H,4-6,9,13-14,18,21-23,28-29,33-39,41-44,46,48-50,52-53,55-68H2,1-3H3/b10-7-,11-8-,15-12-,19-16-,20-17-,26-24-,27-25-,32-30-,40-31-,47-45-,54-51-. The molecule has 0 radical (unpaired) electrons. The Labute approximate surface area is 481 Å². The molecule has 0 bridgehead atoms. The molecule has 0 aromatic carbocycles. The average molecular weight is 1080 g/mol. The minimum absolute atomic E-state index is 0.100. The second kappa shape index (κ2) is 65.1. The molecule has 0 aliphatic carbocycles. The van der Waals surface area contributed by atoms with Gasteiger partial charge < -0.3 is 14.2 Å². The molecule has 0 saturated heterocycles. The number of ether oxygens (including phenoxy) is 3. The first kappa shape index (κ1) is 73.5. The molecule has 442 valence electrons. The number of esters is 3. The molecule has 0 aliphatic heterocycles. The molecule has 0 aliphatic rings. The lowest BCUT2D eigenvalue weighted by Crippen LogP contribution is -2.30. The van der Waals surface area contributed by atoms with Crippen molar-refractivity contribution < 1.29 is 28.6 Å². The van der Waals surface area contributed by atoms with Crippen LogP contribution >= 0.6 is 0 Å². The fourth-order valence-corrected chi connectivity index (χ4v) is 8.62. The van der Waals surface area contributed by atoms with Crippen LogP contribution in [0.2, 0.25) is 0 Å². The van der Waals surface area contributed by atoms with Gasteiger partial charge in [-0.2, -0.15) is 0 Å². The van der Waals surface area contributed by atoms with Gasteiger partial charge in [-0.25, -0.2) is 0 Å². The predicted molar refractivity (Wildman–Crippen MR) is 339 cm³/mol. The Morgan fingerprint density at radius 2 is 0.500 bits per heavy atom. The van der Waals surface area contributed by atoms with Crippen molar-refractivity contribution in [1.82, 2.24) is 0 Å². The van der Waals surface area contributed by atoms with Crippen LogP contribution in [0.3, 0.4) is 0 Å². The number of carbonyl (C=O) groups excluding carboxylic acids is 3. The Morgan fingerprint density at radius 3 is 0.821 bits per heavy atom. The highest BCUT2D eigenvalue weighted by Gasteiger charge is 2.19. The molecular formula is C72H118O6. The summed E-state index contributed by atoms with van der Waals surface area (Å²) in [6, 6.07) is 0. The first-order valence-electron chi connectivity index (χ1n) is 32.2. The van der Waals surface area contributed by atoms with Gasteiger partial charge in [0, 0.05) is 19.3 Å². The third-order valence-corrected chi connectivity index (χ3v) is 13.4. The van der Waals surface area contributed by atoms with E-state index in [2.05, 4.69) is 154 Å². The molecule has 0 aromatic rings. The second-order valence-electron chi connectivity index (χ2n) is 20.9. The van der Waals surface area contributed by atoms with Crippen LogP contribution in [0.5, 0.6) is 0 Å². The predicted octanol–water partition coefficient (Wildman–Crippen LogP) is 22.2. The quantitative estimate of drug-likeness (QED) is 0.0261. The van der Waals surface area contributed by atoms with Crippen LogP contribution in [-0.2, 0) is 28.6 Å². The topological polar surface area (TPSA) is 78.9 Å². The van der Waals surface area contributed by atoms with E-state index in [-0.39, 0.29) is 37.5 Å². The third kappa shape index (κ3) is 62.4. The van der Waals surface area contributed by atoms with E-state index < -0.39 is 6.10 Å². The molecule has 0 rings (SSSR count). The monoisotopic (exact) mass is 1080 g/mol. The molecule has 0 aromatic heterocycles. The summed E-state index contributed by atoms with van der Waals surface area (Å²) in [6.07, 6.45) is 91.9. The van der Waals surface area contributed by atoms with Crippen molar-refractivity contribution in [3.05, 3.63) is 134 Å². The van der Waals surface area contributed by atoms with Gasteiger partial charge in [-0.15, -0.1) is 0 Å². The number of unbranched alkanes of at least 4 members (excludes halogenated alkanes) is 24. The Morgan fingerprint density at radius 1 is 0.269 bits per heavy atom. The molecular weight excluding hydrogens is 961 g/mol. The van der Waals surface area contributed by atoms with Gasteiger partial charge in [0.25, 0.3) is 0 Å². The van der Waals surface area contributed by atoms with E-state index in [0.29, 0.717) is 19.3 Å². The Kier molecular flexibility index (Phi) is 61.4. The highest BCUT2D eigenvalue weighted by Crippen LogP contribution is 2.16. The molecule has 0 saturated carbocycles. The van der Waals surface area contributed by atoms with E-state index in [1.165, 1.54) is 103 Å². The maximum absolute atomic E-state index is 12.9. The minimum atomic E-state index is -0.808. The zero-order valence-electron chi connectivity index (χ0n) is 50.6. The van der Waals surface area contributed by atoms with E-state index in [1.54, 1.807) is 0 Å². The van der Waals surface area contributed by atoms with Gasteiger partial charge in [0.2, 0.25) is 0 Å². The molecule has 6 nitrogen and oxygen atoms in total. The first-order valence-corrected chi connectivity index (χ1v) is 32.2. The maximum atomic E-state index is 12.9. The molecule has 1 atom stereocenters. The number of hydrogen-bond donors (Lipinski definition) is 0. The van der Waals surface area contributed by atoms with E-state index >= 15 is 0 Å². The lowest BCUT2D eigenvalue weighted by molar-refractivity contribution is -0.167. The highest BCUT2D eigenvalue weighted by molar-refractivity contribution is 5.71. The van der Waals surface area contributed by atoms with Gasteiger partial charge in [0.05, 0.1) is 0 Å². The normalized spacial score (nSPS) is 13.0. The summed E-state index contributed by atoms with van der Waals surface area (Å²) < 4.78 is 16.8. The summed E-state index contributed by atoms with van der Waals surface area (Å²) in [6.45, 7) is 6.32. The molecule has 0 heterocycles. The highest BCUT2D eigenvalue weighted by atomic mass is 16.6. The van der Waals surface area contributed by atoms with Crippen molar-refractivity contribution in [2.45, 2.75) is 290 Å². The van der Waals surface area contributed by atoms with Crippen LogP contribution in [0.1, 0.15) is 284 Å². The summed E-state index contributed by atoms with van der Waals surface area (Å²) in [4.78, 5) is 38.2. The van der Waals surface area contributed by atoms with Crippen LogP contribution < -0.4 is 0 Å². The van der Waals surface area contributed by atoms with Crippen LogP contribution in [0.4, 0.5) is 0 Å². The molecule has 0 amide bonds. The molecule has 6 heteroatoms. The van der Waals surface area contributed by atoms with Gasteiger partial charge in [-0.1, -0.05) is 270 Å². The van der Waals surface area contributed by atoms with Gasteiger partial charge in [-0.3, -0.25) is 14.4 Å². The van der Waals surface area contributed by atoms with Crippen molar-refractivity contribution in [3.63, 3.8) is 0 Å². The zero-order chi connectivity index (χ0) is 56.4. The third-order valence-electron chi connectivity index (χ3n) is 13.4. The number of hydrogen-bond acceptors (Lipinski definition) is 6.